The molecule has 0 bridgehead atoms. The number of para-hydroxylation sites is 2. The molecule has 2 aromatic carbocycles. The second kappa shape index (κ2) is 6.56. The molecule has 0 unspecified atom stereocenters. The lowest BCUT2D eigenvalue weighted by molar-refractivity contribution is 0.614. The summed E-state index contributed by atoms with van der Waals surface area (Å²) >= 11 is 0. The van der Waals surface area contributed by atoms with Gasteiger partial charge in [-0.2, -0.15) is 0 Å². The highest BCUT2D eigenvalue weighted by molar-refractivity contribution is 5.78. The highest BCUT2D eigenvalue weighted by Crippen LogP contribution is 2.22. The first-order chi connectivity index (χ1) is 10.8. The van der Waals surface area contributed by atoms with Crippen molar-refractivity contribution in [3.63, 3.8) is 0 Å². The van der Waals surface area contributed by atoms with Gasteiger partial charge in [-0.3, -0.25) is 4.98 Å². The van der Waals surface area contributed by atoms with Crippen molar-refractivity contribution in [1.29, 1.82) is 0 Å². The van der Waals surface area contributed by atoms with Crippen molar-refractivity contribution in [3.8, 4) is 0 Å². The van der Waals surface area contributed by atoms with Crippen LogP contribution in [-0.2, 0) is 6.54 Å². The van der Waals surface area contributed by atoms with Gasteiger partial charge in [0.25, 0.3) is 0 Å². The van der Waals surface area contributed by atoms with Gasteiger partial charge >= 0.3 is 0 Å². The molecule has 3 aromatic rings. The smallest absolute Gasteiger partial charge is 0.146 e. The van der Waals surface area contributed by atoms with Crippen molar-refractivity contribution >= 4 is 16.6 Å². The standard InChI is InChI=1S/C19H19FN2/c1-2-11-22(19-10-6-4-8-17(19)20)14-15-12-16-7-3-5-9-18(16)21-13-15/h3-10,12-13H,2,11,14H2,1H3. The molecule has 22 heavy (non-hydrogen) atoms. The Kier molecular flexibility index (Phi) is 4.33. The molecule has 0 aliphatic carbocycles. The van der Waals surface area contributed by atoms with Gasteiger partial charge in [-0.1, -0.05) is 37.3 Å². The van der Waals surface area contributed by atoms with Crippen LogP contribution in [-0.4, -0.2) is 11.5 Å². The van der Waals surface area contributed by atoms with Gasteiger partial charge in [0, 0.05) is 24.7 Å². The van der Waals surface area contributed by atoms with E-state index < -0.39 is 0 Å². The minimum atomic E-state index is -0.176. The first kappa shape index (κ1) is 14.5. The third-order valence-corrected chi connectivity index (χ3v) is 3.71. The van der Waals surface area contributed by atoms with Crippen LogP contribution in [0.25, 0.3) is 10.9 Å². The summed E-state index contributed by atoms with van der Waals surface area (Å²) in [6.07, 6.45) is 2.85. The number of rotatable bonds is 5. The second-order valence-electron chi connectivity index (χ2n) is 5.41. The molecule has 2 nitrogen and oxygen atoms in total. The summed E-state index contributed by atoms with van der Waals surface area (Å²) in [5, 5.41) is 1.12. The minimum Gasteiger partial charge on any atom is -0.365 e. The van der Waals surface area contributed by atoms with Gasteiger partial charge in [-0.25, -0.2) is 4.39 Å². The number of fused-ring (bicyclic) bond motifs is 1. The van der Waals surface area contributed by atoms with Crippen LogP contribution in [0.15, 0.2) is 60.8 Å². The van der Waals surface area contributed by atoms with E-state index in [9.17, 15) is 4.39 Å². The maximum atomic E-state index is 14.1. The number of pyridine rings is 1. The first-order valence-electron chi connectivity index (χ1n) is 7.61. The summed E-state index contributed by atoms with van der Waals surface area (Å²) < 4.78 is 14.1. The molecule has 0 radical (unpaired) electrons. The molecule has 0 aliphatic rings. The van der Waals surface area contributed by atoms with E-state index in [2.05, 4.69) is 28.9 Å². The van der Waals surface area contributed by atoms with E-state index in [0.717, 1.165) is 29.4 Å². The molecule has 0 saturated heterocycles. The van der Waals surface area contributed by atoms with Crippen LogP contribution in [0.3, 0.4) is 0 Å². The minimum absolute atomic E-state index is 0.176. The van der Waals surface area contributed by atoms with Crippen LogP contribution in [0.1, 0.15) is 18.9 Å². The summed E-state index contributed by atoms with van der Waals surface area (Å²) in [6.45, 7) is 3.58. The predicted molar refractivity (Wildman–Crippen MR) is 89.5 cm³/mol. The molecule has 1 aromatic heterocycles. The predicted octanol–water partition coefficient (Wildman–Crippen LogP) is 4.79. The Balaban J connectivity index is 1.90. The largest absolute Gasteiger partial charge is 0.365 e. The fourth-order valence-corrected chi connectivity index (χ4v) is 2.69. The lowest BCUT2D eigenvalue weighted by atomic mass is 10.1. The Labute approximate surface area is 130 Å². The topological polar surface area (TPSA) is 16.1 Å². The Bertz CT molecular complexity index is 770. The van der Waals surface area contributed by atoms with Crippen molar-refractivity contribution in [2.24, 2.45) is 0 Å². The maximum Gasteiger partial charge on any atom is 0.146 e. The van der Waals surface area contributed by atoms with Gasteiger partial charge in [0.05, 0.1) is 11.2 Å². The number of halogens is 1. The summed E-state index contributed by atoms with van der Waals surface area (Å²) in [5.74, 6) is -0.176. The molecule has 0 fully saturated rings. The molecule has 0 spiro atoms. The monoisotopic (exact) mass is 294 g/mol. The van der Waals surface area contributed by atoms with Gasteiger partial charge in [-0.15, -0.1) is 0 Å². The zero-order valence-electron chi connectivity index (χ0n) is 12.7. The average Bonchev–Trinajstić information content (AvgIpc) is 2.55. The van der Waals surface area contributed by atoms with E-state index in [1.165, 1.54) is 6.07 Å². The van der Waals surface area contributed by atoms with Crippen molar-refractivity contribution in [1.82, 2.24) is 4.98 Å². The normalized spacial score (nSPS) is 10.8. The van der Waals surface area contributed by atoms with Crippen molar-refractivity contribution in [3.05, 3.63) is 72.2 Å². The molecule has 112 valence electrons. The lowest BCUT2D eigenvalue weighted by Gasteiger charge is -2.25. The molecular formula is C19H19FN2. The quantitative estimate of drug-likeness (QED) is 0.672. The van der Waals surface area contributed by atoms with Gasteiger partial charge in [0.2, 0.25) is 0 Å². The van der Waals surface area contributed by atoms with Crippen LogP contribution >= 0.6 is 0 Å². The molecule has 3 heteroatoms. The van der Waals surface area contributed by atoms with Crippen LogP contribution in [0.2, 0.25) is 0 Å². The van der Waals surface area contributed by atoms with Crippen molar-refractivity contribution in [2.75, 3.05) is 11.4 Å². The molecule has 0 aliphatic heterocycles. The molecule has 3 rings (SSSR count). The Morgan fingerprint density at radius 2 is 1.82 bits per heavy atom. The molecule has 1 heterocycles. The second-order valence-corrected chi connectivity index (χ2v) is 5.41. The Morgan fingerprint density at radius 1 is 1.05 bits per heavy atom. The number of hydrogen-bond donors (Lipinski definition) is 0. The average molecular weight is 294 g/mol. The van der Waals surface area contributed by atoms with Gasteiger partial charge < -0.3 is 4.90 Å². The lowest BCUT2D eigenvalue weighted by Crippen LogP contribution is -2.24. The fraction of sp³-hybridized carbons (Fsp3) is 0.211. The highest BCUT2D eigenvalue weighted by atomic mass is 19.1. The highest BCUT2D eigenvalue weighted by Gasteiger charge is 2.11. The van der Waals surface area contributed by atoms with Crippen molar-refractivity contribution < 1.29 is 4.39 Å². The number of hydrogen-bond acceptors (Lipinski definition) is 2. The van der Waals surface area contributed by atoms with E-state index in [0.29, 0.717) is 12.2 Å². The van der Waals surface area contributed by atoms with Crippen LogP contribution in [0.5, 0.6) is 0 Å². The van der Waals surface area contributed by atoms with Gasteiger partial charge in [-0.05, 0) is 36.2 Å². The molecule has 0 atom stereocenters. The molecule has 0 saturated carbocycles. The zero-order chi connectivity index (χ0) is 15.4. The van der Waals surface area contributed by atoms with E-state index in [1.807, 2.05) is 36.5 Å². The van der Waals surface area contributed by atoms with Crippen LogP contribution < -0.4 is 4.90 Å². The zero-order valence-corrected chi connectivity index (χ0v) is 12.7. The van der Waals surface area contributed by atoms with Crippen LogP contribution in [0.4, 0.5) is 10.1 Å². The third-order valence-electron chi connectivity index (χ3n) is 3.71. The SMILES string of the molecule is CCCN(Cc1cnc2ccccc2c1)c1ccccc1F. The number of nitrogens with zero attached hydrogens (tertiary/aromatic N) is 2. The molecule has 0 N–H and O–H groups in total. The van der Waals surface area contributed by atoms with Gasteiger partial charge in [0.15, 0.2) is 0 Å². The van der Waals surface area contributed by atoms with E-state index in [1.54, 1.807) is 6.07 Å². The summed E-state index contributed by atoms with van der Waals surface area (Å²) in [4.78, 5) is 6.56. The Morgan fingerprint density at radius 3 is 2.64 bits per heavy atom. The van der Waals surface area contributed by atoms with Crippen LogP contribution in [0, 0.1) is 5.82 Å². The molecule has 0 amide bonds. The number of anilines is 1. The van der Waals surface area contributed by atoms with Gasteiger partial charge in [0.1, 0.15) is 5.82 Å². The summed E-state index contributed by atoms with van der Waals surface area (Å²) in [5.41, 5.74) is 2.73. The summed E-state index contributed by atoms with van der Waals surface area (Å²) in [6, 6.07) is 17.1. The third kappa shape index (κ3) is 3.08. The number of aromatic nitrogens is 1. The first-order valence-corrected chi connectivity index (χ1v) is 7.61. The number of benzene rings is 2. The van der Waals surface area contributed by atoms with E-state index >= 15 is 0 Å². The maximum absolute atomic E-state index is 14.1. The van der Waals surface area contributed by atoms with E-state index in [-0.39, 0.29) is 5.82 Å². The Hall–Kier alpha value is -2.42. The summed E-state index contributed by atoms with van der Waals surface area (Å²) in [7, 11) is 0. The van der Waals surface area contributed by atoms with E-state index in [4.69, 9.17) is 0 Å². The van der Waals surface area contributed by atoms with Crippen molar-refractivity contribution in [2.45, 2.75) is 19.9 Å². The fourth-order valence-electron chi connectivity index (χ4n) is 2.69. The molecular weight excluding hydrogens is 275 g/mol.